The zero-order valence-corrected chi connectivity index (χ0v) is 11.0. The standard InChI is InChI=1S/C11H20N4S/c1-9(2)15-7-4-10(13-15)8-14(3)6-5-11(12)16/h4,7,9H,5-6,8H2,1-3H3,(H2,12,16). The molecule has 1 heterocycles. The van der Waals surface area contributed by atoms with Crippen molar-refractivity contribution < 1.29 is 0 Å². The van der Waals surface area contributed by atoms with Crippen LogP contribution in [-0.4, -0.2) is 33.3 Å². The summed E-state index contributed by atoms with van der Waals surface area (Å²) >= 11 is 4.85. The fraction of sp³-hybridized carbons (Fsp3) is 0.636. The highest BCUT2D eigenvalue weighted by molar-refractivity contribution is 7.80. The van der Waals surface area contributed by atoms with Gasteiger partial charge < -0.3 is 10.6 Å². The van der Waals surface area contributed by atoms with Crippen LogP contribution < -0.4 is 5.73 Å². The van der Waals surface area contributed by atoms with Crippen LogP contribution in [-0.2, 0) is 6.54 Å². The number of thiocarbonyl (C=S) groups is 1. The Balaban J connectivity index is 2.43. The average molecular weight is 240 g/mol. The monoisotopic (exact) mass is 240 g/mol. The largest absolute Gasteiger partial charge is 0.393 e. The third kappa shape index (κ3) is 4.28. The van der Waals surface area contributed by atoms with E-state index < -0.39 is 0 Å². The summed E-state index contributed by atoms with van der Waals surface area (Å²) in [4.78, 5) is 2.74. The summed E-state index contributed by atoms with van der Waals surface area (Å²) in [5.74, 6) is 0. The second kappa shape index (κ2) is 5.96. The van der Waals surface area contributed by atoms with Crippen molar-refractivity contribution in [3.63, 3.8) is 0 Å². The van der Waals surface area contributed by atoms with E-state index in [0.717, 1.165) is 25.2 Å². The van der Waals surface area contributed by atoms with Crippen molar-refractivity contribution in [3.8, 4) is 0 Å². The van der Waals surface area contributed by atoms with E-state index >= 15 is 0 Å². The maximum absolute atomic E-state index is 5.46. The van der Waals surface area contributed by atoms with Gasteiger partial charge in [0.1, 0.15) is 0 Å². The molecular formula is C11H20N4S. The molecule has 0 fully saturated rings. The van der Waals surface area contributed by atoms with Crippen molar-refractivity contribution in [3.05, 3.63) is 18.0 Å². The van der Waals surface area contributed by atoms with Crippen molar-refractivity contribution in [2.45, 2.75) is 32.9 Å². The normalized spacial score (nSPS) is 11.3. The van der Waals surface area contributed by atoms with Gasteiger partial charge in [0, 0.05) is 31.7 Å². The van der Waals surface area contributed by atoms with Crippen LogP contribution in [0.25, 0.3) is 0 Å². The average Bonchev–Trinajstić information content (AvgIpc) is 2.63. The van der Waals surface area contributed by atoms with Gasteiger partial charge in [-0.1, -0.05) is 12.2 Å². The van der Waals surface area contributed by atoms with Crippen LogP contribution in [0.3, 0.4) is 0 Å². The van der Waals surface area contributed by atoms with Gasteiger partial charge in [-0.25, -0.2) is 0 Å². The van der Waals surface area contributed by atoms with E-state index in [1.165, 1.54) is 0 Å². The van der Waals surface area contributed by atoms with Crippen LogP contribution in [0.2, 0.25) is 0 Å². The van der Waals surface area contributed by atoms with Crippen LogP contribution in [0.1, 0.15) is 32.0 Å². The first-order valence-electron chi connectivity index (χ1n) is 5.50. The highest BCUT2D eigenvalue weighted by Crippen LogP contribution is 2.06. The molecule has 16 heavy (non-hydrogen) atoms. The summed E-state index contributed by atoms with van der Waals surface area (Å²) in [6.45, 7) is 5.95. The lowest BCUT2D eigenvalue weighted by molar-refractivity contribution is 0.330. The van der Waals surface area contributed by atoms with Gasteiger partial charge in [0.2, 0.25) is 0 Å². The van der Waals surface area contributed by atoms with E-state index in [-0.39, 0.29) is 0 Å². The minimum atomic E-state index is 0.413. The van der Waals surface area contributed by atoms with Gasteiger partial charge in [0.25, 0.3) is 0 Å². The van der Waals surface area contributed by atoms with Crippen molar-refractivity contribution in [2.75, 3.05) is 13.6 Å². The summed E-state index contributed by atoms with van der Waals surface area (Å²) in [6.07, 6.45) is 2.78. The molecule has 0 radical (unpaired) electrons. The molecule has 1 aromatic heterocycles. The topological polar surface area (TPSA) is 47.1 Å². The number of nitrogens with zero attached hydrogens (tertiary/aromatic N) is 3. The molecule has 90 valence electrons. The van der Waals surface area contributed by atoms with Crippen LogP contribution >= 0.6 is 12.2 Å². The fourth-order valence-electron chi connectivity index (χ4n) is 1.41. The molecule has 0 aliphatic heterocycles. The van der Waals surface area contributed by atoms with Crippen molar-refractivity contribution in [2.24, 2.45) is 5.73 Å². The predicted molar refractivity (Wildman–Crippen MR) is 70.3 cm³/mol. The molecule has 0 saturated carbocycles. The maximum Gasteiger partial charge on any atom is 0.0764 e. The Labute approximate surface area is 102 Å². The first-order chi connectivity index (χ1) is 7.49. The van der Waals surface area contributed by atoms with E-state index in [4.69, 9.17) is 18.0 Å². The highest BCUT2D eigenvalue weighted by atomic mass is 32.1. The van der Waals surface area contributed by atoms with Gasteiger partial charge in [0.15, 0.2) is 0 Å². The van der Waals surface area contributed by atoms with Crippen LogP contribution in [0, 0.1) is 0 Å². The smallest absolute Gasteiger partial charge is 0.0764 e. The van der Waals surface area contributed by atoms with E-state index in [9.17, 15) is 0 Å². The molecule has 0 spiro atoms. The molecule has 1 rings (SSSR count). The Bertz CT molecular complexity index is 346. The van der Waals surface area contributed by atoms with Crippen molar-refractivity contribution in [1.29, 1.82) is 0 Å². The van der Waals surface area contributed by atoms with Gasteiger partial charge in [-0.15, -0.1) is 0 Å². The molecule has 4 nitrogen and oxygen atoms in total. The molecule has 0 aliphatic carbocycles. The van der Waals surface area contributed by atoms with Gasteiger partial charge >= 0.3 is 0 Å². The summed E-state index contributed by atoms with van der Waals surface area (Å²) < 4.78 is 1.97. The van der Waals surface area contributed by atoms with Gasteiger partial charge in [0.05, 0.1) is 10.7 Å². The minimum Gasteiger partial charge on any atom is -0.393 e. The number of aromatic nitrogens is 2. The van der Waals surface area contributed by atoms with E-state index in [2.05, 4.69) is 29.9 Å². The minimum absolute atomic E-state index is 0.413. The molecule has 0 aromatic carbocycles. The Kier molecular flexibility index (Phi) is 4.89. The molecule has 0 bridgehead atoms. The Hall–Kier alpha value is -0.940. The predicted octanol–water partition coefficient (Wildman–Crippen LogP) is 1.57. The van der Waals surface area contributed by atoms with Crippen molar-refractivity contribution >= 4 is 17.2 Å². The number of rotatable bonds is 6. The first-order valence-corrected chi connectivity index (χ1v) is 5.90. The van der Waals surface area contributed by atoms with Gasteiger partial charge in [-0.2, -0.15) is 5.10 Å². The van der Waals surface area contributed by atoms with Gasteiger partial charge in [-0.3, -0.25) is 4.68 Å². The Morgan fingerprint density at radius 1 is 1.62 bits per heavy atom. The molecule has 0 atom stereocenters. The molecule has 1 aromatic rings. The fourth-order valence-corrected chi connectivity index (χ4v) is 1.50. The van der Waals surface area contributed by atoms with Crippen LogP contribution in [0.4, 0.5) is 0 Å². The number of hydrogen-bond donors (Lipinski definition) is 1. The summed E-state index contributed by atoms with van der Waals surface area (Å²) in [5.41, 5.74) is 6.55. The summed E-state index contributed by atoms with van der Waals surface area (Å²) in [5, 5.41) is 4.49. The third-order valence-electron chi connectivity index (χ3n) is 2.36. The quantitative estimate of drug-likeness (QED) is 0.767. The molecule has 0 amide bonds. The molecule has 5 heteroatoms. The van der Waals surface area contributed by atoms with E-state index in [1.807, 2.05) is 17.9 Å². The number of hydrogen-bond acceptors (Lipinski definition) is 3. The van der Waals surface area contributed by atoms with Gasteiger partial charge in [-0.05, 0) is 27.0 Å². The lowest BCUT2D eigenvalue weighted by Gasteiger charge is -2.14. The zero-order valence-electron chi connectivity index (χ0n) is 10.2. The molecule has 2 N–H and O–H groups in total. The third-order valence-corrected chi connectivity index (χ3v) is 2.57. The van der Waals surface area contributed by atoms with E-state index in [1.54, 1.807) is 0 Å². The summed E-state index contributed by atoms with van der Waals surface area (Å²) in [6, 6.07) is 2.47. The zero-order chi connectivity index (χ0) is 12.1. The van der Waals surface area contributed by atoms with Crippen LogP contribution in [0.5, 0.6) is 0 Å². The van der Waals surface area contributed by atoms with E-state index in [0.29, 0.717) is 11.0 Å². The number of nitrogens with two attached hydrogens (primary N) is 1. The lowest BCUT2D eigenvalue weighted by Crippen LogP contribution is -2.23. The summed E-state index contributed by atoms with van der Waals surface area (Å²) in [7, 11) is 2.05. The maximum atomic E-state index is 5.46. The second-order valence-electron chi connectivity index (χ2n) is 4.33. The lowest BCUT2D eigenvalue weighted by atomic mass is 10.3. The Morgan fingerprint density at radius 3 is 2.81 bits per heavy atom. The first kappa shape index (κ1) is 13.1. The second-order valence-corrected chi connectivity index (χ2v) is 4.86. The molecule has 0 saturated heterocycles. The van der Waals surface area contributed by atoms with Crippen LogP contribution in [0.15, 0.2) is 12.3 Å². The molecular weight excluding hydrogens is 220 g/mol. The SMILES string of the molecule is CC(C)n1ccc(CN(C)CCC(N)=S)n1. The molecule has 0 aliphatic rings. The Morgan fingerprint density at radius 2 is 2.31 bits per heavy atom. The highest BCUT2D eigenvalue weighted by Gasteiger charge is 2.05. The van der Waals surface area contributed by atoms with Crippen molar-refractivity contribution in [1.82, 2.24) is 14.7 Å². The molecule has 0 unspecified atom stereocenters.